The SMILES string of the molecule is Cc1c(C(=O)N2CC3(CC[C@H](CN4CCCCC4=O)CO3)C2)oc2ccccc12. The molecule has 0 unspecified atom stereocenters. The van der Waals surface area contributed by atoms with E-state index < -0.39 is 0 Å². The van der Waals surface area contributed by atoms with Gasteiger partial charge >= 0.3 is 0 Å². The topological polar surface area (TPSA) is 63.0 Å². The number of fused-ring (bicyclic) bond motifs is 1. The summed E-state index contributed by atoms with van der Waals surface area (Å²) < 4.78 is 12.1. The molecule has 0 radical (unpaired) electrons. The predicted molar refractivity (Wildman–Crippen MR) is 109 cm³/mol. The lowest BCUT2D eigenvalue weighted by Crippen LogP contribution is -2.66. The first-order chi connectivity index (χ1) is 14.0. The van der Waals surface area contributed by atoms with E-state index in [0.717, 1.165) is 55.3 Å². The van der Waals surface area contributed by atoms with Crippen molar-refractivity contribution in [2.75, 3.05) is 32.8 Å². The number of carbonyl (C=O) groups is 2. The number of carbonyl (C=O) groups excluding carboxylic acids is 2. The van der Waals surface area contributed by atoms with Crippen LogP contribution in [0.3, 0.4) is 0 Å². The summed E-state index contributed by atoms with van der Waals surface area (Å²) in [5.74, 6) is 1.09. The monoisotopic (exact) mass is 396 g/mol. The highest BCUT2D eigenvalue weighted by Gasteiger charge is 2.49. The molecule has 6 heteroatoms. The number of hydrogen-bond acceptors (Lipinski definition) is 4. The minimum Gasteiger partial charge on any atom is -0.451 e. The number of furan rings is 1. The van der Waals surface area contributed by atoms with Gasteiger partial charge in [-0.15, -0.1) is 0 Å². The van der Waals surface area contributed by atoms with Crippen LogP contribution in [0.2, 0.25) is 0 Å². The number of ether oxygens (including phenoxy) is 1. The number of benzene rings is 1. The molecule has 1 aromatic heterocycles. The minimum atomic E-state index is -0.210. The van der Waals surface area contributed by atoms with Crippen LogP contribution in [-0.2, 0) is 9.53 Å². The van der Waals surface area contributed by atoms with Gasteiger partial charge in [0, 0.05) is 36.4 Å². The zero-order chi connectivity index (χ0) is 20.0. The average Bonchev–Trinajstić information content (AvgIpc) is 3.05. The van der Waals surface area contributed by atoms with E-state index in [2.05, 4.69) is 0 Å². The van der Waals surface area contributed by atoms with Gasteiger partial charge in [0.2, 0.25) is 5.91 Å². The van der Waals surface area contributed by atoms with Gasteiger partial charge in [-0.05, 0) is 38.7 Å². The van der Waals surface area contributed by atoms with E-state index in [4.69, 9.17) is 9.15 Å². The molecule has 1 atom stereocenters. The van der Waals surface area contributed by atoms with E-state index in [0.29, 0.717) is 37.8 Å². The highest BCUT2D eigenvalue weighted by atomic mass is 16.5. The third-order valence-corrected chi connectivity index (χ3v) is 6.82. The first kappa shape index (κ1) is 18.7. The predicted octanol–water partition coefficient (Wildman–Crippen LogP) is 3.37. The largest absolute Gasteiger partial charge is 0.451 e. The van der Waals surface area contributed by atoms with Crippen molar-refractivity contribution in [3.05, 3.63) is 35.6 Å². The molecule has 29 heavy (non-hydrogen) atoms. The summed E-state index contributed by atoms with van der Waals surface area (Å²) >= 11 is 0. The fourth-order valence-corrected chi connectivity index (χ4v) is 4.99. The standard InChI is InChI=1S/C23H28N2O4/c1-16-18-6-2-3-7-19(18)29-21(16)22(27)25-14-23(15-25)10-9-17(13-28-23)12-24-11-5-4-8-20(24)26/h2-3,6-7,17H,4-5,8-15H2,1H3/t17-/m1/s1. The maximum atomic E-state index is 12.9. The second-order valence-electron chi connectivity index (χ2n) is 8.91. The van der Waals surface area contributed by atoms with E-state index in [1.165, 1.54) is 0 Å². The zero-order valence-electron chi connectivity index (χ0n) is 17.0. The highest BCUT2D eigenvalue weighted by Crippen LogP contribution is 2.38. The first-order valence-corrected chi connectivity index (χ1v) is 10.7. The number of hydrogen-bond donors (Lipinski definition) is 0. The number of rotatable bonds is 3. The van der Waals surface area contributed by atoms with Gasteiger partial charge in [-0.2, -0.15) is 0 Å². The van der Waals surface area contributed by atoms with Crippen molar-refractivity contribution in [2.24, 2.45) is 5.92 Å². The van der Waals surface area contributed by atoms with Crippen LogP contribution < -0.4 is 0 Å². The summed E-state index contributed by atoms with van der Waals surface area (Å²) in [5.41, 5.74) is 1.45. The van der Waals surface area contributed by atoms with Gasteiger partial charge in [-0.3, -0.25) is 9.59 Å². The third kappa shape index (κ3) is 3.33. The molecule has 3 aliphatic heterocycles. The van der Waals surface area contributed by atoms with Crippen LogP contribution in [0.1, 0.15) is 48.2 Å². The number of amides is 2. The maximum absolute atomic E-state index is 12.9. The molecule has 3 saturated heterocycles. The summed E-state index contributed by atoms with van der Waals surface area (Å²) in [5, 5.41) is 0.995. The lowest BCUT2D eigenvalue weighted by molar-refractivity contribution is -0.170. The van der Waals surface area contributed by atoms with E-state index in [1.54, 1.807) is 0 Å². The number of aryl methyl sites for hydroxylation is 1. The number of para-hydroxylation sites is 1. The Labute approximate surface area is 170 Å². The maximum Gasteiger partial charge on any atom is 0.290 e. The van der Waals surface area contributed by atoms with Crippen molar-refractivity contribution in [2.45, 2.75) is 44.6 Å². The second kappa shape index (κ2) is 7.17. The summed E-state index contributed by atoms with van der Waals surface area (Å²) in [7, 11) is 0. The summed E-state index contributed by atoms with van der Waals surface area (Å²) in [6.45, 7) is 5.57. The van der Waals surface area contributed by atoms with E-state index in [9.17, 15) is 9.59 Å². The summed E-state index contributed by atoms with van der Waals surface area (Å²) in [6, 6.07) is 7.76. The normalized spacial score (nSPS) is 24.2. The lowest BCUT2D eigenvalue weighted by Gasteiger charge is -2.52. The molecule has 2 amide bonds. The molecule has 1 aromatic carbocycles. The molecular formula is C23H28N2O4. The molecule has 2 aromatic rings. The molecular weight excluding hydrogens is 368 g/mol. The molecule has 154 valence electrons. The van der Waals surface area contributed by atoms with Crippen LogP contribution in [0.15, 0.2) is 28.7 Å². The summed E-state index contributed by atoms with van der Waals surface area (Å²) in [6.07, 6.45) is 4.82. The fraction of sp³-hybridized carbons (Fsp3) is 0.565. The van der Waals surface area contributed by atoms with Gasteiger partial charge in [0.1, 0.15) is 11.2 Å². The Bertz CT molecular complexity index is 934. The van der Waals surface area contributed by atoms with Crippen LogP contribution in [0.5, 0.6) is 0 Å². The fourth-order valence-electron chi connectivity index (χ4n) is 4.99. The summed E-state index contributed by atoms with van der Waals surface area (Å²) in [4.78, 5) is 28.8. The Balaban J connectivity index is 1.17. The van der Waals surface area contributed by atoms with Crippen LogP contribution in [-0.4, -0.2) is 60.0 Å². The van der Waals surface area contributed by atoms with E-state index >= 15 is 0 Å². The molecule has 0 bridgehead atoms. The van der Waals surface area contributed by atoms with Crippen molar-refractivity contribution >= 4 is 22.8 Å². The van der Waals surface area contributed by atoms with Gasteiger partial charge in [-0.25, -0.2) is 0 Å². The number of nitrogens with zero attached hydrogens (tertiary/aromatic N) is 2. The van der Waals surface area contributed by atoms with Crippen molar-refractivity contribution < 1.29 is 18.7 Å². The van der Waals surface area contributed by atoms with Crippen LogP contribution in [0, 0.1) is 12.8 Å². The molecule has 1 spiro atoms. The van der Waals surface area contributed by atoms with Crippen LogP contribution >= 0.6 is 0 Å². The van der Waals surface area contributed by atoms with E-state index in [1.807, 2.05) is 41.0 Å². The Morgan fingerprint density at radius 1 is 1.24 bits per heavy atom. The first-order valence-electron chi connectivity index (χ1n) is 10.7. The lowest BCUT2D eigenvalue weighted by atomic mass is 9.82. The van der Waals surface area contributed by atoms with Crippen molar-refractivity contribution in [3.8, 4) is 0 Å². The van der Waals surface area contributed by atoms with Crippen molar-refractivity contribution in [1.82, 2.24) is 9.80 Å². The highest BCUT2D eigenvalue weighted by molar-refractivity contribution is 5.99. The van der Waals surface area contributed by atoms with Crippen molar-refractivity contribution in [1.29, 1.82) is 0 Å². The Kier molecular flexibility index (Phi) is 4.62. The van der Waals surface area contributed by atoms with E-state index in [-0.39, 0.29) is 17.4 Å². The molecule has 0 aliphatic carbocycles. The van der Waals surface area contributed by atoms with Crippen LogP contribution in [0.25, 0.3) is 11.0 Å². The third-order valence-electron chi connectivity index (χ3n) is 6.82. The van der Waals surface area contributed by atoms with Gasteiger partial charge in [0.25, 0.3) is 5.91 Å². The molecule has 3 fully saturated rings. The average molecular weight is 396 g/mol. The Morgan fingerprint density at radius 3 is 2.79 bits per heavy atom. The number of likely N-dealkylation sites (tertiary alicyclic amines) is 2. The molecule has 4 heterocycles. The second-order valence-corrected chi connectivity index (χ2v) is 8.91. The molecule has 3 aliphatic rings. The number of piperidine rings is 1. The van der Waals surface area contributed by atoms with Crippen LogP contribution in [0.4, 0.5) is 0 Å². The van der Waals surface area contributed by atoms with Gasteiger partial charge in [0.05, 0.1) is 19.7 Å². The smallest absolute Gasteiger partial charge is 0.290 e. The van der Waals surface area contributed by atoms with Gasteiger partial charge in [-0.1, -0.05) is 18.2 Å². The molecule has 6 nitrogen and oxygen atoms in total. The Hall–Kier alpha value is -2.34. The minimum absolute atomic E-state index is 0.0473. The molecule has 0 N–H and O–H groups in total. The quantitative estimate of drug-likeness (QED) is 0.798. The Morgan fingerprint density at radius 2 is 2.07 bits per heavy atom. The zero-order valence-corrected chi connectivity index (χ0v) is 17.0. The molecule has 0 saturated carbocycles. The van der Waals surface area contributed by atoms with Crippen molar-refractivity contribution in [3.63, 3.8) is 0 Å². The van der Waals surface area contributed by atoms with Gasteiger partial charge < -0.3 is 19.0 Å². The molecule has 5 rings (SSSR count). The van der Waals surface area contributed by atoms with Gasteiger partial charge in [0.15, 0.2) is 5.76 Å².